The maximum atomic E-state index is 11.9. The van der Waals surface area contributed by atoms with Gasteiger partial charge in [0, 0.05) is 12.0 Å². The van der Waals surface area contributed by atoms with Gasteiger partial charge < -0.3 is 15.5 Å². The van der Waals surface area contributed by atoms with Crippen molar-refractivity contribution in [1.82, 2.24) is 5.32 Å². The Balaban J connectivity index is 4.40. The normalized spacial score (nSPS) is 13.3. The molecule has 0 aliphatic heterocycles. The van der Waals surface area contributed by atoms with E-state index >= 15 is 0 Å². The molecule has 0 aromatic heterocycles. The topological polar surface area (TPSA) is 72.2 Å². The number of nitrogens with one attached hydrogen (secondary N) is 1. The first-order chi connectivity index (χ1) is 8.18. The van der Waals surface area contributed by atoms with Crippen LogP contribution >= 0.6 is 0 Å². The lowest BCUT2D eigenvalue weighted by Gasteiger charge is -2.33. The lowest BCUT2D eigenvalue weighted by atomic mass is 10.1. The molecule has 1 unspecified atom stereocenters. The second-order valence-corrected chi connectivity index (χ2v) is 5.13. The summed E-state index contributed by atoms with van der Waals surface area (Å²) in [6.45, 7) is 5.72. The second-order valence-electron chi connectivity index (χ2n) is 5.13. The van der Waals surface area contributed by atoms with Crippen LogP contribution in [0.5, 0.6) is 0 Å². The number of allylic oxidation sites excluding steroid dienone is 1. The number of carbonyl (C=O) groups is 2. The van der Waals surface area contributed by atoms with Crippen LogP contribution in [0.3, 0.4) is 0 Å². The number of nitrogens with zero attached hydrogens (tertiary/aromatic N) is 1. The lowest BCUT2D eigenvalue weighted by molar-refractivity contribution is -0.898. The van der Waals surface area contributed by atoms with Crippen LogP contribution in [0.4, 0.5) is 0 Å². The van der Waals surface area contributed by atoms with Gasteiger partial charge in [-0.2, -0.15) is 0 Å². The van der Waals surface area contributed by atoms with Crippen molar-refractivity contribution in [3.63, 3.8) is 0 Å². The average Bonchev–Trinajstić information content (AvgIpc) is 2.22. The average molecular weight is 254 g/mol. The molecule has 5 nitrogen and oxygen atoms in total. The van der Waals surface area contributed by atoms with E-state index in [0.29, 0.717) is 16.5 Å². The molecule has 0 bridgehead atoms. The van der Waals surface area contributed by atoms with Gasteiger partial charge in [0.05, 0.1) is 21.1 Å². The van der Waals surface area contributed by atoms with Gasteiger partial charge in [-0.1, -0.05) is 19.6 Å². The van der Waals surface area contributed by atoms with Crippen molar-refractivity contribution in [2.75, 3.05) is 21.1 Å². The molecule has 0 aromatic rings. The number of quaternary nitrogens is 1. The molecule has 0 saturated carbocycles. The molecule has 5 heteroatoms. The molecule has 0 fully saturated rings. The fraction of sp³-hybridized carbons (Fsp3) is 0.538. The summed E-state index contributed by atoms with van der Waals surface area (Å²) < 4.78 is 0.645. The molecule has 0 spiro atoms. The van der Waals surface area contributed by atoms with Crippen LogP contribution < -0.4 is 11.1 Å². The summed E-state index contributed by atoms with van der Waals surface area (Å²) in [7, 11) is 6.05. The minimum atomic E-state index is -0.527. The monoisotopic (exact) mass is 254 g/mol. The van der Waals surface area contributed by atoms with Crippen molar-refractivity contribution in [2.45, 2.75) is 25.9 Å². The van der Waals surface area contributed by atoms with E-state index in [-0.39, 0.29) is 12.1 Å². The van der Waals surface area contributed by atoms with E-state index < -0.39 is 5.91 Å². The van der Waals surface area contributed by atoms with Gasteiger partial charge in [-0.25, -0.2) is 0 Å². The Hall–Kier alpha value is -1.62. The highest BCUT2D eigenvalue weighted by molar-refractivity contribution is 5.93. The van der Waals surface area contributed by atoms with Crippen molar-refractivity contribution in [1.29, 1.82) is 0 Å². The quantitative estimate of drug-likeness (QED) is 0.395. The summed E-state index contributed by atoms with van der Waals surface area (Å²) in [5, 5.41) is 2.93. The Morgan fingerprint density at radius 3 is 2.33 bits per heavy atom. The molecule has 18 heavy (non-hydrogen) atoms. The lowest BCUT2D eigenvalue weighted by Crippen LogP contribution is -2.55. The van der Waals surface area contributed by atoms with Crippen LogP contribution in [-0.2, 0) is 9.59 Å². The Bertz CT molecular complexity index is 354. The van der Waals surface area contributed by atoms with E-state index in [4.69, 9.17) is 5.73 Å². The highest BCUT2D eigenvalue weighted by Crippen LogP contribution is 2.06. The number of nitrogens with two attached hydrogens (primary N) is 1. The molecule has 0 rings (SSSR count). The van der Waals surface area contributed by atoms with E-state index in [1.54, 1.807) is 0 Å². The van der Waals surface area contributed by atoms with Crippen molar-refractivity contribution in [3.8, 4) is 0 Å². The van der Waals surface area contributed by atoms with Gasteiger partial charge in [0.25, 0.3) is 5.91 Å². The van der Waals surface area contributed by atoms with Crippen LogP contribution in [-0.4, -0.2) is 43.6 Å². The zero-order chi connectivity index (χ0) is 14.3. The third kappa shape index (κ3) is 6.20. The standard InChI is InChI=1S/C13H23N3O2/c1-6-12(16(3,4)5)15-13(18)10(2)8-7-9-11(14)17/h7,9,12H,2,6,8H2,1,3-5H3,(H2-,14,15,17,18)/p+1. The zero-order valence-corrected chi connectivity index (χ0v) is 11.7. The van der Waals surface area contributed by atoms with Crippen LogP contribution in [0, 0.1) is 0 Å². The van der Waals surface area contributed by atoms with E-state index in [0.717, 1.165) is 6.42 Å². The van der Waals surface area contributed by atoms with Gasteiger partial charge in [-0.05, 0) is 12.5 Å². The minimum Gasteiger partial charge on any atom is -0.366 e. The molecule has 0 aliphatic rings. The Morgan fingerprint density at radius 1 is 1.39 bits per heavy atom. The maximum absolute atomic E-state index is 11.9. The Labute approximate surface area is 109 Å². The van der Waals surface area contributed by atoms with Gasteiger partial charge in [-0.3, -0.25) is 9.59 Å². The number of hydrogen-bond acceptors (Lipinski definition) is 2. The number of rotatable bonds is 7. The molecule has 102 valence electrons. The van der Waals surface area contributed by atoms with Gasteiger partial charge in [0.15, 0.2) is 6.17 Å². The Kier molecular flexibility index (Phi) is 6.33. The first-order valence-corrected chi connectivity index (χ1v) is 5.94. The fourth-order valence-corrected chi connectivity index (χ4v) is 1.51. The van der Waals surface area contributed by atoms with Crippen LogP contribution in [0.25, 0.3) is 0 Å². The van der Waals surface area contributed by atoms with E-state index in [1.807, 2.05) is 28.1 Å². The number of amides is 2. The van der Waals surface area contributed by atoms with Crippen molar-refractivity contribution in [2.24, 2.45) is 5.73 Å². The minimum absolute atomic E-state index is 0.0365. The number of hydrogen-bond donors (Lipinski definition) is 2. The molecule has 0 saturated heterocycles. The summed E-state index contributed by atoms with van der Waals surface area (Å²) in [6, 6.07) is 0. The fourth-order valence-electron chi connectivity index (χ4n) is 1.51. The predicted molar refractivity (Wildman–Crippen MR) is 72.3 cm³/mol. The number of primary amides is 1. The number of carbonyl (C=O) groups excluding carboxylic acids is 2. The van der Waals surface area contributed by atoms with E-state index in [9.17, 15) is 9.59 Å². The molecular weight excluding hydrogens is 230 g/mol. The van der Waals surface area contributed by atoms with Crippen molar-refractivity contribution in [3.05, 3.63) is 24.3 Å². The van der Waals surface area contributed by atoms with Gasteiger partial charge in [-0.15, -0.1) is 0 Å². The molecule has 0 radical (unpaired) electrons. The summed E-state index contributed by atoms with van der Waals surface area (Å²) in [5.41, 5.74) is 5.37. The first-order valence-electron chi connectivity index (χ1n) is 5.94. The highest BCUT2D eigenvalue weighted by Gasteiger charge is 2.23. The second kappa shape index (κ2) is 6.96. The molecule has 1 atom stereocenters. The van der Waals surface area contributed by atoms with Gasteiger partial charge in [0.1, 0.15) is 0 Å². The highest BCUT2D eigenvalue weighted by atomic mass is 16.2. The molecule has 0 aromatic carbocycles. The molecule has 3 N–H and O–H groups in total. The molecule has 2 amide bonds. The maximum Gasteiger partial charge on any atom is 0.251 e. The summed E-state index contributed by atoms with van der Waals surface area (Å²) in [4.78, 5) is 22.4. The summed E-state index contributed by atoms with van der Waals surface area (Å²) in [5.74, 6) is -0.718. The zero-order valence-electron chi connectivity index (χ0n) is 11.7. The van der Waals surface area contributed by atoms with Gasteiger partial charge >= 0.3 is 0 Å². The first kappa shape index (κ1) is 16.4. The van der Waals surface area contributed by atoms with Crippen molar-refractivity contribution < 1.29 is 14.1 Å². The SMILES string of the molecule is C=C(CC=CC(N)=O)C(=O)NC(CC)[N+](C)(C)C. The largest absolute Gasteiger partial charge is 0.366 e. The van der Waals surface area contributed by atoms with E-state index in [2.05, 4.69) is 11.9 Å². The molecule has 0 heterocycles. The molecule has 0 aliphatic carbocycles. The van der Waals surface area contributed by atoms with Crippen LogP contribution in [0.1, 0.15) is 19.8 Å². The molecular formula is C13H24N3O2+. The van der Waals surface area contributed by atoms with Crippen molar-refractivity contribution >= 4 is 11.8 Å². The summed E-state index contributed by atoms with van der Waals surface area (Å²) >= 11 is 0. The Morgan fingerprint density at radius 2 is 1.94 bits per heavy atom. The third-order valence-corrected chi connectivity index (χ3v) is 2.59. The van der Waals surface area contributed by atoms with Crippen LogP contribution in [0.15, 0.2) is 24.3 Å². The van der Waals surface area contributed by atoms with E-state index in [1.165, 1.54) is 12.2 Å². The summed E-state index contributed by atoms with van der Waals surface area (Å²) in [6.07, 6.45) is 3.96. The smallest absolute Gasteiger partial charge is 0.251 e. The van der Waals surface area contributed by atoms with Gasteiger partial charge in [0.2, 0.25) is 5.91 Å². The van der Waals surface area contributed by atoms with Crippen LogP contribution in [0.2, 0.25) is 0 Å². The predicted octanol–water partition coefficient (Wildman–Crippen LogP) is 0.533. The third-order valence-electron chi connectivity index (χ3n) is 2.59.